The molecule has 1 saturated carbocycles. The third-order valence-corrected chi connectivity index (χ3v) is 7.19. The van der Waals surface area contributed by atoms with E-state index in [0.29, 0.717) is 17.3 Å². The van der Waals surface area contributed by atoms with Crippen molar-refractivity contribution >= 4 is 34.5 Å². The number of carbonyl (C=O) groups is 2. The molecule has 0 radical (unpaired) electrons. The molecule has 34 heavy (non-hydrogen) atoms. The van der Waals surface area contributed by atoms with E-state index in [9.17, 15) is 9.59 Å². The highest BCUT2D eigenvalue weighted by Gasteiger charge is 2.31. The Morgan fingerprint density at radius 2 is 1.82 bits per heavy atom. The Kier molecular flexibility index (Phi) is 7.68. The Labute approximate surface area is 206 Å². The first-order valence-corrected chi connectivity index (χ1v) is 12.8. The number of benzene rings is 2. The molecule has 1 unspecified atom stereocenters. The van der Waals surface area contributed by atoms with E-state index in [2.05, 4.69) is 17.1 Å². The Morgan fingerprint density at radius 1 is 1.06 bits per heavy atom. The fourth-order valence-corrected chi connectivity index (χ4v) is 4.95. The third-order valence-electron chi connectivity index (χ3n) is 6.32. The van der Waals surface area contributed by atoms with Gasteiger partial charge in [0.2, 0.25) is 5.91 Å². The van der Waals surface area contributed by atoms with Crippen LogP contribution in [0.5, 0.6) is 0 Å². The van der Waals surface area contributed by atoms with Crippen molar-refractivity contribution < 1.29 is 9.59 Å². The van der Waals surface area contributed by atoms with Crippen molar-refractivity contribution in [3.05, 3.63) is 82.0 Å². The number of nitrogens with one attached hydrogen (secondary N) is 1. The van der Waals surface area contributed by atoms with Crippen LogP contribution in [-0.2, 0) is 11.3 Å². The number of thiophene rings is 1. The van der Waals surface area contributed by atoms with Gasteiger partial charge in [-0.3, -0.25) is 9.59 Å². The Hall–Kier alpha value is -3.12. The molecule has 2 amide bonds. The van der Waals surface area contributed by atoms with Crippen LogP contribution >= 0.6 is 11.3 Å². The van der Waals surface area contributed by atoms with Gasteiger partial charge in [-0.1, -0.05) is 43.3 Å². The van der Waals surface area contributed by atoms with E-state index in [-0.39, 0.29) is 17.7 Å². The number of hydrogen-bond donors (Lipinski definition) is 1. The van der Waals surface area contributed by atoms with Crippen molar-refractivity contribution in [1.82, 2.24) is 4.90 Å². The number of carbonyl (C=O) groups excluding carboxylic acids is 2. The van der Waals surface area contributed by atoms with E-state index in [1.165, 1.54) is 24.2 Å². The number of rotatable bonds is 10. The fraction of sp³-hybridized carbons (Fsp3) is 0.357. The molecule has 1 aliphatic rings. The lowest BCUT2D eigenvalue weighted by Gasteiger charge is -2.29. The van der Waals surface area contributed by atoms with Crippen molar-refractivity contribution in [2.45, 2.75) is 38.6 Å². The zero-order valence-electron chi connectivity index (χ0n) is 20.2. The Morgan fingerprint density at radius 3 is 2.44 bits per heavy atom. The lowest BCUT2D eigenvalue weighted by Crippen LogP contribution is -2.36. The minimum Gasteiger partial charge on any atom is -0.377 e. The van der Waals surface area contributed by atoms with Gasteiger partial charge in [0.15, 0.2) is 0 Å². The zero-order valence-corrected chi connectivity index (χ0v) is 21.0. The number of hydrogen-bond acceptors (Lipinski definition) is 4. The molecule has 1 aromatic heterocycles. The van der Waals surface area contributed by atoms with E-state index >= 15 is 0 Å². The zero-order chi connectivity index (χ0) is 24.1. The van der Waals surface area contributed by atoms with Crippen molar-refractivity contribution in [3.63, 3.8) is 0 Å². The van der Waals surface area contributed by atoms with Crippen LogP contribution in [0.15, 0.2) is 66.0 Å². The molecule has 0 spiro atoms. The molecule has 2 aromatic carbocycles. The molecule has 0 aliphatic heterocycles. The summed E-state index contributed by atoms with van der Waals surface area (Å²) >= 11 is 1.42. The minimum absolute atomic E-state index is 0.111. The van der Waals surface area contributed by atoms with Gasteiger partial charge in [-0.05, 0) is 66.0 Å². The van der Waals surface area contributed by atoms with Crippen LogP contribution in [0.1, 0.15) is 52.9 Å². The van der Waals surface area contributed by atoms with Gasteiger partial charge in [-0.15, -0.1) is 11.3 Å². The monoisotopic (exact) mass is 475 g/mol. The molecule has 178 valence electrons. The Balaban J connectivity index is 1.60. The molecule has 6 heteroatoms. The van der Waals surface area contributed by atoms with Crippen LogP contribution in [0.3, 0.4) is 0 Å². The second-order valence-corrected chi connectivity index (χ2v) is 10.2. The summed E-state index contributed by atoms with van der Waals surface area (Å²) in [4.78, 5) is 31.2. The first kappa shape index (κ1) is 24.0. The van der Waals surface area contributed by atoms with Gasteiger partial charge in [0, 0.05) is 38.6 Å². The van der Waals surface area contributed by atoms with Gasteiger partial charge < -0.3 is 15.1 Å². The summed E-state index contributed by atoms with van der Waals surface area (Å²) < 4.78 is 0. The summed E-state index contributed by atoms with van der Waals surface area (Å²) in [5, 5.41) is 4.91. The summed E-state index contributed by atoms with van der Waals surface area (Å²) in [5.74, 6) is 0.504. The molecule has 5 nitrogen and oxygen atoms in total. The summed E-state index contributed by atoms with van der Waals surface area (Å²) in [5.41, 5.74) is 3.90. The average molecular weight is 476 g/mol. The maximum atomic E-state index is 13.8. The number of nitrogens with zero attached hydrogens (tertiary/aromatic N) is 2. The minimum atomic E-state index is -0.149. The molecular formula is C28H33N3O2S. The molecular weight excluding hydrogens is 442 g/mol. The van der Waals surface area contributed by atoms with Crippen LogP contribution in [0, 0.1) is 5.92 Å². The molecule has 1 N–H and O–H groups in total. The predicted molar refractivity (Wildman–Crippen MR) is 141 cm³/mol. The van der Waals surface area contributed by atoms with Crippen LogP contribution < -0.4 is 10.2 Å². The normalized spacial score (nSPS) is 13.9. The quantitative estimate of drug-likeness (QED) is 0.391. The first-order chi connectivity index (χ1) is 16.5. The highest BCUT2D eigenvalue weighted by atomic mass is 32.1. The third kappa shape index (κ3) is 5.86. The highest BCUT2D eigenvalue weighted by molar-refractivity contribution is 7.12. The Bertz CT molecular complexity index is 1110. The lowest BCUT2D eigenvalue weighted by molar-refractivity contribution is -0.133. The second-order valence-electron chi connectivity index (χ2n) is 9.20. The topological polar surface area (TPSA) is 52.7 Å². The van der Waals surface area contributed by atoms with Gasteiger partial charge in [0.25, 0.3) is 5.91 Å². The summed E-state index contributed by atoms with van der Waals surface area (Å²) in [7, 11) is 4.02. The van der Waals surface area contributed by atoms with Crippen molar-refractivity contribution in [3.8, 4) is 0 Å². The highest BCUT2D eigenvalue weighted by Crippen LogP contribution is 2.34. The van der Waals surface area contributed by atoms with E-state index in [1.807, 2.05) is 85.0 Å². The molecule has 1 fully saturated rings. The largest absolute Gasteiger partial charge is 0.377 e. The van der Waals surface area contributed by atoms with E-state index in [1.54, 1.807) is 0 Å². The van der Waals surface area contributed by atoms with Crippen molar-refractivity contribution in [2.75, 3.05) is 30.9 Å². The molecule has 0 saturated heterocycles. The summed E-state index contributed by atoms with van der Waals surface area (Å²) in [6.07, 6.45) is 3.13. The standard InChI is InChI=1S/C28H33N3O2S/c1-4-24(21-9-6-5-7-10-21)28(33)31(18-20-12-13-20)19-22-17-23(14-15-25(22)30(2)3)29-27(32)26-11-8-16-34-26/h5-11,14-17,20,24H,4,12-13,18-19H2,1-3H3,(H,29,32). The SMILES string of the molecule is CCC(C(=O)N(Cc1cc(NC(=O)c2cccs2)ccc1N(C)C)CC1CC1)c1ccccc1. The number of amides is 2. The van der Waals surface area contributed by atoms with Gasteiger partial charge in [-0.2, -0.15) is 0 Å². The maximum absolute atomic E-state index is 13.8. The van der Waals surface area contributed by atoms with E-state index in [4.69, 9.17) is 0 Å². The van der Waals surface area contributed by atoms with Crippen molar-refractivity contribution in [2.24, 2.45) is 5.92 Å². The first-order valence-electron chi connectivity index (χ1n) is 11.9. The van der Waals surface area contributed by atoms with Gasteiger partial charge in [-0.25, -0.2) is 0 Å². The summed E-state index contributed by atoms with van der Waals surface area (Å²) in [6, 6.07) is 19.7. The van der Waals surface area contributed by atoms with Gasteiger partial charge in [0.1, 0.15) is 0 Å². The predicted octanol–water partition coefficient (Wildman–Crippen LogP) is 6.00. The maximum Gasteiger partial charge on any atom is 0.265 e. The second kappa shape index (κ2) is 10.9. The van der Waals surface area contributed by atoms with Crippen LogP contribution in [0.4, 0.5) is 11.4 Å². The number of anilines is 2. The lowest BCUT2D eigenvalue weighted by atomic mass is 9.94. The van der Waals surface area contributed by atoms with Crippen LogP contribution in [0.25, 0.3) is 0 Å². The smallest absolute Gasteiger partial charge is 0.265 e. The van der Waals surface area contributed by atoms with E-state index < -0.39 is 0 Å². The molecule has 0 bridgehead atoms. The molecule has 1 heterocycles. The average Bonchev–Trinajstić information content (AvgIpc) is 3.47. The molecule has 4 rings (SSSR count). The van der Waals surface area contributed by atoms with Crippen molar-refractivity contribution in [1.29, 1.82) is 0 Å². The van der Waals surface area contributed by atoms with Gasteiger partial charge in [0.05, 0.1) is 10.8 Å². The van der Waals surface area contributed by atoms with E-state index in [0.717, 1.165) is 35.5 Å². The van der Waals surface area contributed by atoms with Crippen LogP contribution in [0.2, 0.25) is 0 Å². The molecule has 1 aliphatic carbocycles. The molecule has 1 atom stereocenters. The molecule has 3 aromatic rings. The van der Waals surface area contributed by atoms with Crippen LogP contribution in [-0.4, -0.2) is 37.4 Å². The van der Waals surface area contributed by atoms with Gasteiger partial charge >= 0.3 is 0 Å². The summed E-state index contributed by atoms with van der Waals surface area (Å²) in [6.45, 7) is 3.38. The fourth-order valence-electron chi connectivity index (χ4n) is 4.34.